The van der Waals surface area contributed by atoms with Gasteiger partial charge in [-0.05, 0) is 30.7 Å². The molecule has 0 bridgehead atoms. The van der Waals surface area contributed by atoms with E-state index in [1.165, 1.54) is 0 Å². The summed E-state index contributed by atoms with van der Waals surface area (Å²) in [6.07, 6.45) is 1.67. The highest BCUT2D eigenvalue weighted by molar-refractivity contribution is 6.34. The van der Waals surface area contributed by atoms with E-state index in [0.29, 0.717) is 21.6 Å². The summed E-state index contributed by atoms with van der Waals surface area (Å²) in [5, 5.41) is 3.51. The summed E-state index contributed by atoms with van der Waals surface area (Å²) < 4.78 is 5.32. The van der Waals surface area contributed by atoms with Crippen LogP contribution in [0.4, 0.5) is 5.82 Å². The Bertz CT molecular complexity index is 615. The number of ether oxygens (including phenoxy) is 1. The first kappa shape index (κ1) is 14.6. The van der Waals surface area contributed by atoms with Crippen molar-refractivity contribution >= 4 is 34.9 Å². The van der Waals surface area contributed by atoms with Gasteiger partial charge in [-0.1, -0.05) is 29.3 Å². The highest BCUT2D eigenvalue weighted by Gasteiger charge is 2.07. The number of hydrogen-bond donors (Lipinski definition) is 1. The van der Waals surface area contributed by atoms with Crippen LogP contribution in [-0.4, -0.2) is 17.5 Å². The van der Waals surface area contributed by atoms with Crippen LogP contribution in [0.1, 0.15) is 5.56 Å². The summed E-state index contributed by atoms with van der Waals surface area (Å²) in [5.74, 6) is 0.518. The summed E-state index contributed by atoms with van der Waals surface area (Å²) in [7, 11) is 0. The van der Waals surface area contributed by atoms with Gasteiger partial charge in [0.25, 0.3) is 5.91 Å². The maximum Gasteiger partial charge on any atom is 0.263 e. The molecule has 2 aromatic rings. The van der Waals surface area contributed by atoms with Crippen molar-refractivity contribution in [3.8, 4) is 5.75 Å². The van der Waals surface area contributed by atoms with Crippen LogP contribution in [0.25, 0.3) is 0 Å². The molecule has 1 aromatic heterocycles. The fourth-order valence-electron chi connectivity index (χ4n) is 1.45. The SMILES string of the molecule is Cc1ccc(NC(=O)COc2cc(Cl)ccc2Cl)nc1. The molecule has 1 aromatic carbocycles. The summed E-state index contributed by atoms with van der Waals surface area (Å²) in [5.41, 5.74) is 1.02. The van der Waals surface area contributed by atoms with Crippen LogP contribution in [0.15, 0.2) is 36.5 Å². The Labute approximate surface area is 126 Å². The zero-order chi connectivity index (χ0) is 14.5. The van der Waals surface area contributed by atoms with E-state index in [1.807, 2.05) is 13.0 Å². The van der Waals surface area contributed by atoms with Gasteiger partial charge in [-0.15, -0.1) is 0 Å². The van der Waals surface area contributed by atoms with Gasteiger partial charge >= 0.3 is 0 Å². The molecule has 2 rings (SSSR count). The lowest BCUT2D eigenvalue weighted by atomic mass is 10.3. The number of nitrogens with one attached hydrogen (secondary N) is 1. The lowest BCUT2D eigenvalue weighted by Gasteiger charge is -2.08. The predicted octanol–water partition coefficient (Wildman–Crippen LogP) is 3.71. The number of carbonyl (C=O) groups excluding carboxylic acids is 1. The quantitative estimate of drug-likeness (QED) is 0.936. The van der Waals surface area contributed by atoms with Crippen molar-refractivity contribution in [1.82, 2.24) is 4.98 Å². The Morgan fingerprint density at radius 1 is 1.30 bits per heavy atom. The molecule has 0 fully saturated rings. The predicted molar refractivity (Wildman–Crippen MR) is 79.6 cm³/mol. The third kappa shape index (κ3) is 4.11. The summed E-state index contributed by atoms with van der Waals surface area (Å²) in [6, 6.07) is 8.39. The molecule has 0 unspecified atom stereocenters. The standard InChI is InChI=1S/C14H12Cl2N2O2/c1-9-2-5-13(17-7-9)18-14(19)8-20-12-6-10(15)3-4-11(12)16/h2-7H,8H2,1H3,(H,17,18,19). The number of pyridine rings is 1. The number of aromatic nitrogens is 1. The molecule has 0 spiro atoms. The van der Waals surface area contributed by atoms with Gasteiger partial charge in [0, 0.05) is 17.3 Å². The molecule has 20 heavy (non-hydrogen) atoms. The van der Waals surface area contributed by atoms with Gasteiger partial charge in [0.05, 0.1) is 5.02 Å². The molecule has 6 heteroatoms. The van der Waals surface area contributed by atoms with E-state index in [9.17, 15) is 4.79 Å². The van der Waals surface area contributed by atoms with Crippen molar-refractivity contribution in [2.45, 2.75) is 6.92 Å². The number of carbonyl (C=O) groups is 1. The Morgan fingerprint density at radius 3 is 2.80 bits per heavy atom. The summed E-state index contributed by atoms with van der Waals surface area (Å²) in [6.45, 7) is 1.75. The molecule has 1 N–H and O–H groups in total. The van der Waals surface area contributed by atoms with Gasteiger partial charge in [0.2, 0.25) is 0 Å². The number of halogens is 2. The highest BCUT2D eigenvalue weighted by Crippen LogP contribution is 2.27. The van der Waals surface area contributed by atoms with E-state index >= 15 is 0 Å². The number of anilines is 1. The number of hydrogen-bond acceptors (Lipinski definition) is 3. The molecule has 1 amide bonds. The Balaban J connectivity index is 1.92. The highest BCUT2D eigenvalue weighted by atomic mass is 35.5. The third-order valence-corrected chi connectivity index (χ3v) is 2.98. The zero-order valence-electron chi connectivity index (χ0n) is 10.7. The van der Waals surface area contributed by atoms with Crippen LogP contribution in [0.3, 0.4) is 0 Å². The normalized spacial score (nSPS) is 10.2. The van der Waals surface area contributed by atoms with Crippen molar-refractivity contribution in [2.24, 2.45) is 0 Å². The van der Waals surface area contributed by atoms with Gasteiger partial charge in [-0.25, -0.2) is 4.98 Å². The van der Waals surface area contributed by atoms with Crippen molar-refractivity contribution in [3.63, 3.8) is 0 Å². The minimum Gasteiger partial charge on any atom is -0.482 e. The largest absolute Gasteiger partial charge is 0.482 e. The minimum atomic E-state index is -0.322. The van der Waals surface area contributed by atoms with Gasteiger partial charge in [-0.2, -0.15) is 0 Å². The van der Waals surface area contributed by atoms with Crippen molar-refractivity contribution in [3.05, 3.63) is 52.1 Å². The third-order valence-electron chi connectivity index (χ3n) is 2.43. The molecule has 0 aliphatic carbocycles. The van der Waals surface area contributed by atoms with Crippen LogP contribution in [-0.2, 0) is 4.79 Å². The van der Waals surface area contributed by atoms with Crippen LogP contribution < -0.4 is 10.1 Å². The molecule has 0 aliphatic rings. The maximum absolute atomic E-state index is 11.7. The lowest BCUT2D eigenvalue weighted by Crippen LogP contribution is -2.20. The van der Waals surface area contributed by atoms with Crippen molar-refractivity contribution in [2.75, 3.05) is 11.9 Å². The topological polar surface area (TPSA) is 51.2 Å². The molecule has 0 radical (unpaired) electrons. The maximum atomic E-state index is 11.7. The van der Waals surface area contributed by atoms with Gasteiger partial charge in [0.15, 0.2) is 6.61 Å². The number of aryl methyl sites for hydroxylation is 1. The van der Waals surface area contributed by atoms with E-state index in [-0.39, 0.29) is 12.5 Å². The van der Waals surface area contributed by atoms with Crippen molar-refractivity contribution in [1.29, 1.82) is 0 Å². The van der Waals surface area contributed by atoms with E-state index in [2.05, 4.69) is 10.3 Å². The van der Waals surface area contributed by atoms with E-state index in [1.54, 1.807) is 30.5 Å². The molecule has 0 atom stereocenters. The van der Waals surface area contributed by atoms with E-state index < -0.39 is 0 Å². The molecule has 1 heterocycles. The lowest BCUT2D eigenvalue weighted by molar-refractivity contribution is -0.118. The Kier molecular flexibility index (Phi) is 4.82. The fraction of sp³-hybridized carbons (Fsp3) is 0.143. The molecule has 104 valence electrons. The second kappa shape index (κ2) is 6.59. The molecule has 0 saturated carbocycles. The van der Waals surface area contributed by atoms with E-state index in [4.69, 9.17) is 27.9 Å². The van der Waals surface area contributed by atoms with E-state index in [0.717, 1.165) is 5.56 Å². The van der Waals surface area contributed by atoms with Crippen LogP contribution >= 0.6 is 23.2 Å². The van der Waals surface area contributed by atoms with Crippen LogP contribution in [0.5, 0.6) is 5.75 Å². The first-order valence-corrected chi connectivity index (χ1v) is 6.60. The average molecular weight is 311 g/mol. The van der Waals surface area contributed by atoms with Crippen LogP contribution in [0, 0.1) is 6.92 Å². The Hall–Kier alpha value is -1.78. The number of rotatable bonds is 4. The van der Waals surface area contributed by atoms with Crippen molar-refractivity contribution < 1.29 is 9.53 Å². The number of benzene rings is 1. The minimum absolute atomic E-state index is 0.171. The molecule has 4 nitrogen and oxygen atoms in total. The molecular weight excluding hydrogens is 299 g/mol. The number of nitrogens with zero attached hydrogens (tertiary/aromatic N) is 1. The van der Waals surface area contributed by atoms with Gasteiger partial charge in [0.1, 0.15) is 11.6 Å². The monoisotopic (exact) mass is 310 g/mol. The smallest absolute Gasteiger partial charge is 0.263 e. The molecule has 0 saturated heterocycles. The number of amides is 1. The Morgan fingerprint density at radius 2 is 2.10 bits per heavy atom. The second-order valence-electron chi connectivity index (χ2n) is 4.13. The summed E-state index contributed by atoms with van der Waals surface area (Å²) >= 11 is 11.8. The summed E-state index contributed by atoms with van der Waals surface area (Å²) in [4.78, 5) is 15.8. The van der Waals surface area contributed by atoms with Gasteiger partial charge in [-0.3, -0.25) is 4.79 Å². The van der Waals surface area contributed by atoms with Gasteiger partial charge < -0.3 is 10.1 Å². The first-order valence-electron chi connectivity index (χ1n) is 5.85. The van der Waals surface area contributed by atoms with Crippen LogP contribution in [0.2, 0.25) is 10.0 Å². The first-order chi connectivity index (χ1) is 9.54. The molecule has 0 aliphatic heterocycles. The fourth-order valence-corrected chi connectivity index (χ4v) is 1.79. The molecular formula is C14H12Cl2N2O2. The second-order valence-corrected chi connectivity index (χ2v) is 4.98. The zero-order valence-corrected chi connectivity index (χ0v) is 12.2. The average Bonchev–Trinajstić information content (AvgIpc) is 2.42.